The second kappa shape index (κ2) is 14.8. The van der Waals surface area contributed by atoms with Crippen molar-refractivity contribution in [1.82, 2.24) is 0 Å². The molecule has 10 heteroatoms. The predicted octanol–water partition coefficient (Wildman–Crippen LogP) is 6.80. The number of hydrogen-bond donors (Lipinski definition) is 1. The molecule has 4 rings (SSSR count). The molecule has 0 bridgehead atoms. The summed E-state index contributed by atoms with van der Waals surface area (Å²) in [6.07, 6.45) is 4.22. The van der Waals surface area contributed by atoms with E-state index in [0.717, 1.165) is 34.8 Å². The Morgan fingerprint density at radius 1 is 1.00 bits per heavy atom. The van der Waals surface area contributed by atoms with Crippen LogP contribution in [0.3, 0.4) is 0 Å². The monoisotopic (exact) mass is 634 g/mol. The molecule has 225 valence electrons. The summed E-state index contributed by atoms with van der Waals surface area (Å²) in [7, 11) is -1.70. The van der Waals surface area contributed by atoms with Gasteiger partial charge in [-0.25, -0.2) is 0 Å². The number of anilines is 1. The zero-order chi connectivity index (χ0) is 29.5. The van der Waals surface area contributed by atoms with E-state index < -0.39 is 13.0 Å². The molecular formula is C32H38CoN3O5P. The quantitative estimate of drug-likeness (QED) is 0.102. The summed E-state index contributed by atoms with van der Waals surface area (Å²) in [5, 5.41) is 19.0. The molecule has 3 aromatic carbocycles. The zero-order valence-electron chi connectivity index (χ0n) is 24.6. The third-order valence-corrected chi connectivity index (χ3v) is 9.28. The van der Waals surface area contributed by atoms with Crippen molar-refractivity contribution in [3.8, 4) is 5.75 Å². The van der Waals surface area contributed by atoms with Crippen LogP contribution < -0.4 is 14.9 Å². The molecule has 1 radical (unpaired) electrons. The molecular weight excluding hydrogens is 596 g/mol. The van der Waals surface area contributed by atoms with Gasteiger partial charge in [0.25, 0.3) is 0 Å². The third-order valence-electron chi connectivity index (χ3n) is 7.15. The summed E-state index contributed by atoms with van der Waals surface area (Å²) in [6, 6.07) is 22.8. The summed E-state index contributed by atoms with van der Waals surface area (Å²) < 4.78 is 29.9. The Hall–Kier alpha value is -3.20. The Morgan fingerprint density at radius 3 is 2.26 bits per heavy atom. The molecule has 0 saturated carbocycles. The third kappa shape index (κ3) is 7.05. The van der Waals surface area contributed by atoms with Gasteiger partial charge in [0.2, 0.25) is 5.90 Å². The van der Waals surface area contributed by atoms with Crippen LogP contribution in [0.5, 0.6) is 5.75 Å². The van der Waals surface area contributed by atoms with E-state index in [0.29, 0.717) is 30.5 Å². The van der Waals surface area contributed by atoms with Crippen molar-refractivity contribution in [2.45, 2.75) is 39.5 Å². The molecule has 0 spiro atoms. The molecule has 0 amide bonds. The molecule has 0 aromatic heterocycles. The Labute approximate surface area is 258 Å². The number of ether oxygens (including phenoxy) is 1. The first-order chi connectivity index (χ1) is 19.8. The Balaban J connectivity index is 0.00000484. The Bertz CT molecular complexity index is 1470. The average molecular weight is 635 g/mol. The zero-order valence-corrected chi connectivity index (χ0v) is 26.5. The van der Waals surface area contributed by atoms with Crippen LogP contribution in [0.2, 0.25) is 0 Å². The van der Waals surface area contributed by atoms with Crippen LogP contribution in [-0.2, 0) is 42.2 Å². The molecule has 42 heavy (non-hydrogen) atoms. The van der Waals surface area contributed by atoms with Crippen molar-refractivity contribution < 1.29 is 40.2 Å². The minimum atomic E-state index is -3.37. The summed E-state index contributed by atoms with van der Waals surface area (Å²) in [4.78, 5) is 2.26. The summed E-state index contributed by atoms with van der Waals surface area (Å²) in [6.45, 7) is 9.26. The molecule has 1 aliphatic rings. The van der Waals surface area contributed by atoms with Gasteiger partial charge in [-0.3, -0.25) is 4.57 Å². The van der Waals surface area contributed by atoms with Gasteiger partial charge in [-0.2, -0.15) is 5.10 Å². The number of benzene rings is 3. The first-order valence-electron chi connectivity index (χ1n) is 13.8. The van der Waals surface area contributed by atoms with Gasteiger partial charge in [0.05, 0.1) is 31.8 Å². The number of aliphatic hydroxyl groups excluding tert-OH is 1. The van der Waals surface area contributed by atoms with Crippen molar-refractivity contribution in [2.75, 3.05) is 31.8 Å². The van der Waals surface area contributed by atoms with Crippen LogP contribution in [0, 0.1) is 0 Å². The van der Waals surface area contributed by atoms with E-state index in [1.807, 2.05) is 54.6 Å². The van der Waals surface area contributed by atoms with Gasteiger partial charge >= 0.3 is 7.60 Å². The van der Waals surface area contributed by atoms with E-state index in [4.69, 9.17) is 13.8 Å². The number of likely N-dealkylation sites (N-methyl/N-ethyl adjacent to an activating group) is 1. The van der Waals surface area contributed by atoms with Crippen molar-refractivity contribution >= 4 is 30.7 Å². The van der Waals surface area contributed by atoms with E-state index in [1.54, 1.807) is 39.3 Å². The molecule has 0 aliphatic carbocycles. The van der Waals surface area contributed by atoms with E-state index in [1.165, 1.54) is 0 Å². The number of nitrogens with zero attached hydrogens (tertiary/aromatic N) is 3. The Kier molecular flexibility index (Phi) is 11.7. The van der Waals surface area contributed by atoms with Crippen molar-refractivity contribution in [3.63, 3.8) is 0 Å². The first-order valence-corrected chi connectivity index (χ1v) is 15.3. The second-order valence-electron chi connectivity index (χ2n) is 9.74. The van der Waals surface area contributed by atoms with E-state index in [9.17, 15) is 9.67 Å². The summed E-state index contributed by atoms with van der Waals surface area (Å²) >= 11 is 0. The molecule has 1 N–H and O–H groups in total. The fourth-order valence-corrected chi connectivity index (χ4v) is 6.82. The summed E-state index contributed by atoms with van der Waals surface area (Å²) in [5.74, 6) is 0.634. The maximum atomic E-state index is 13.3. The molecule has 1 heterocycles. The number of hydrogen-bond acceptors (Lipinski definition) is 7. The minimum Gasteiger partial charge on any atom is -0.497 e. The van der Waals surface area contributed by atoms with Crippen molar-refractivity contribution in [3.05, 3.63) is 101 Å². The Morgan fingerprint density at radius 2 is 1.67 bits per heavy atom. The van der Waals surface area contributed by atoms with Crippen LogP contribution in [-0.4, -0.2) is 44.1 Å². The maximum Gasteiger partial charge on any atom is 0.361 e. The number of allylic oxidation sites excluding steroid dienone is 2. The van der Waals surface area contributed by atoms with Gasteiger partial charge in [-0.05, 0) is 93.8 Å². The van der Waals surface area contributed by atoms with Crippen LogP contribution in [0.25, 0.3) is 0 Å². The number of methoxy groups -OCH3 is 1. The molecule has 1 atom stereocenters. The SMILES string of the molecule is CCOP(=O)(OCC)c1ccc(CC2(C)/C(=C/C=N/N=C(\O)c3ccccc3)N(CC)c3ccc(OC)cc32)cc1.[Co]. The fraction of sp³-hybridized carbons (Fsp3) is 0.312. The van der Waals surface area contributed by atoms with E-state index in [2.05, 4.69) is 41.1 Å². The van der Waals surface area contributed by atoms with Gasteiger partial charge in [0, 0.05) is 45.7 Å². The van der Waals surface area contributed by atoms with E-state index in [-0.39, 0.29) is 22.7 Å². The average Bonchev–Trinajstić information content (AvgIpc) is 3.22. The standard InChI is InChI=1S/C32H38N3O5P.Co/c1-6-35-29-19-16-26(38-5)22-28(29)32(4,30(35)20-21-33-34-31(36)25-12-10-9-11-13-25)23-24-14-17-27(18-15-24)41(37,39-7-2)40-8-3;/h9-22H,6-8,23H2,1-5H3,(H,34,36);/b30-20-,33-21+;. The number of rotatable bonds is 12. The molecule has 0 saturated heterocycles. The van der Waals surface area contributed by atoms with Crippen LogP contribution in [0.1, 0.15) is 44.4 Å². The van der Waals surface area contributed by atoms with Crippen molar-refractivity contribution in [2.24, 2.45) is 10.2 Å². The molecule has 0 fully saturated rings. The van der Waals surface area contributed by atoms with E-state index >= 15 is 0 Å². The maximum absolute atomic E-state index is 13.3. The predicted molar refractivity (Wildman–Crippen MR) is 166 cm³/mol. The van der Waals surface area contributed by atoms with Crippen LogP contribution in [0.4, 0.5) is 5.69 Å². The van der Waals surface area contributed by atoms with Gasteiger partial charge in [0.1, 0.15) is 5.75 Å². The number of fused-ring (bicyclic) bond motifs is 1. The second-order valence-corrected chi connectivity index (χ2v) is 11.8. The minimum absolute atomic E-state index is 0. The molecule has 3 aromatic rings. The molecule has 1 unspecified atom stereocenters. The van der Waals surface area contributed by atoms with Gasteiger partial charge in [-0.15, -0.1) is 5.10 Å². The molecule has 1 aliphatic heterocycles. The number of aliphatic hydroxyl groups is 1. The smallest absolute Gasteiger partial charge is 0.361 e. The molecule has 8 nitrogen and oxygen atoms in total. The van der Waals surface area contributed by atoms with Crippen molar-refractivity contribution in [1.29, 1.82) is 0 Å². The fourth-order valence-electron chi connectivity index (χ4n) is 5.25. The first kappa shape index (κ1) is 33.3. The van der Waals surface area contributed by atoms with Gasteiger partial charge in [0.15, 0.2) is 0 Å². The topological polar surface area (TPSA) is 93.0 Å². The van der Waals surface area contributed by atoms with Gasteiger partial charge < -0.3 is 23.8 Å². The largest absolute Gasteiger partial charge is 0.497 e. The normalized spacial score (nSPS) is 17.9. The van der Waals surface area contributed by atoms with Crippen LogP contribution in [0.15, 0.2) is 94.8 Å². The van der Waals surface area contributed by atoms with Crippen LogP contribution >= 0.6 is 7.60 Å². The summed E-state index contributed by atoms with van der Waals surface area (Å²) in [5.41, 5.74) is 4.49. The van der Waals surface area contributed by atoms with Gasteiger partial charge in [-0.1, -0.05) is 30.3 Å².